The van der Waals surface area contributed by atoms with Gasteiger partial charge in [0.05, 0.1) is 25.2 Å². The molecule has 0 saturated carbocycles. The second-order valence-corrected chi connectivity index (χ2v) is 7.72. The van der Waals surface area contributed by atoms with Gasteiger partial charge in [-0.05, 0) is 93.7 Å². The van der Waals surface area contributed by atoms with E-state index in [1.54, 1.807) is 14.1 Å². The predicted octanol–water partition coefficient (Wildman–Crippen LogP) is -0.661. The van der Waals surface area contributed by atoms with E-state index in [1.165, 1.54) is 13.8 Å². The van der Waals surface area contributed by atoms with Crippen molar-refractivity contribution >= 4 is 23.4 Å². The van der Waals surface area contributed by atoms with Crippen LogP contribution in [0.1, 0.15) is 52.4 Å². The topological polar surface area (TPSA) is 140 Å². The number of hydrogen-bond acceptors (Lipinski definition) is 8. The molecule has 2 amide bonds. The number of amides is 2. The molecule has 10 heteroatoms. The number of likely N-dealkylation sites (N-methyl/N-ethyl adjacent to an activating group) is 2. The summed E-state index contributed by atoms with van der Waals surface area (Å²) in [7, 11) is 7.21. The van der Waals surface area contributed by atoms with Crippen molar-refractivity contribution < 1.29 is 19.2 Å². The molecule has 0 saturated heterocycles. The average Bonchev–Trinajstić information content (AvgIpc) is 2.73. The Balaban J connectivity index is 0. The van der Waals surface area contributed by atoms with Crippen LogP contribution >= 0.6 is 0 Å². The number of unbranched alkanes of at least 4 members (excludes halogenated alkanes) is 2. The van der Waals surface area contributed by atoms with Crippen LogP contribution in [0, 0.1) is 0 Å². The molecule has 0 aliphatic rings. The van der Waals surface area contributed by atoms with Gasteiger partial charge in [0.1, 0.15) is 0 Å². The van der Waals surface area contributed by atoms with Crippen molar-refractivity contribution in [1.82, 2.24) is 31.9 Å². The zero-order valence-electron chi connectivity index (χ0n) is 20.9. The van der Waals surface area contributed by atoms with Crippen molar-refractivity contribution in [1.29, 1.82) is 0 Å². The molecule has 0 aromatic heterocycles. The van der Waals surface area contributed by atoms with E-state index in [-0.39, 0.29) is 48.6 Å². The number of carbonyl (C=O) groups excluding carboxylic acids is 4. The lowest BCUT2D eigenvalue weighted by atomic mass is 10.1. The van der Waals surface area contributed by atoms with E-state index >= 15 is 0 Å². The molecule has 0 spiro atoms. The smallest absolute Gasteiger partial charge is 0.234 e. The number of hydrogen-bond donors (Lipinski definition) is 6. The van der Waals surface area contributed by atoms with Gasteiger partial charge in [0.15, 0.2) is 11.6 Å². The highest BCUT2D eigenvalue weighted by Crippen LogP contribution is 2.02. The molecule has 0 aromatic carbocycles. The SMILES string of the molecule is CNCCCCC(NC(=O)CNC)C(C)=O.CNCCCCC(NC(=O)CNC)C(C)=O. The summed E-state index contributed by atoms with van der Waals surface area (Å²) in [5, 5.41) is 17.1. The minimum Gasteiger partial charge on any atom is -0.345 e. The number of nitrogens with one attached hydrogen (secondary N) is 6. The first-order valence-corrected chi connectivity index (χ1v) is 11.4. The fraction of sp³-hybridized carbons (Fsp3) is 0.818. The monoisotopic (exact) mass is 458 g/mol. The normalized spacial score (nSPS) is 12.2. The summed E-state index contributed by atoms with van der Waals surface area (Å²) in [6.07, 6.45) is 5.33. The van der Waals surface area contributed by atoms with E-state index in [2.05, 4.69) is 31.9 Å². The number of rotatable bonds is 18. The number of carbonyl (C=O) groups is 4. The molecule has 0 aromatic rings. The molecule has 32 heavy (non-hydrogen) atoms. The van der Waals surface area contributed by atoms with Gasteiger partial charge in [-0.2, -0.15) is 0 Å². The Kier molecular flexibility index (Phi) is 22.5. The van der Waals surface area contributed by atoms with Gasteiger partial charge in [-0.25, -0.2) is 0 Å². The highest BCUT2D eigenvalue weighted by molar-refractivity contribution is 5.88. The highest BCUT2D eigenvalue weighted by Gasteiger charge is 2.16. The number of ketones is 2. The predicted molar refractivity (Wildman–Crippen MR) is 129 cm³/mol. The Labute approximate surface area is 193 Å². The van der Waals surface area contributed by atoms with Gasteiger partial charge < -0.3 is 31.9 Å². The van der Waals surface area contributed by atoms with Crippen LogP contribution < -0.4 is 31.9 Å². The first-order valence-electron chi connectivity index (χ1n) is 11.4. The second kappa shape index (κ2) is 22.3. The van der Waals surface area contributed by atoms with Crippen LogP contribution in [0.5, 0.6) is 0 Å². The van der Waals surface area contributed by atoms with Crippen molar-refractivity contribution in [2.45, 2.75) is 64.5 Å². The molecule has 0 rings (SSSR count). The molecule has 10 nitrogen and oxygen atoms in total. The van der Waals surface area contributed by atoms with Crippen LogP contribution in [0.15, 0.2) is 0 Å². The molecule has 2 atom stereocenters. The van der Waals surface area contributed by atoms with Gasteiger partial charge in [-0.1, -0.05) is 0 Å². The van der Waals surface area contributed by atoms with Crippen LogP contribution in [-0.2, 0) is 19.2 Å². The van der Waals surface area contributed by atoms with Crippen LogP contribution in [0.3, 0.4) is 0 Å². The van der Waals surface area contributed by atoms with E-state index in [4.69, 9.17) is 0 Å². The lowest BCUT2D eigenvalue weighted by molar-refractivity contribution is -0.126. The summed E-state index contributed by atoms with van der Waals surface area (Å²) in [5.74, 6) is -0.213. The first-order chi connectivity index (χ1) is 15.2. The van der Waals surface area contributed by atoms with Crippen LogP contribution in [0.25, 0.3) is 0 Å². The number of Topliss-reactive ketones (excluding diaryl/α,β-unsaturated/α-hetero) is 2. The Hall–Kier alpha value is -1.88. The Morgan fingerprint density at radius 2 is 0.906 bits per heavy atom. The van der Waals surface area contributed by atoms with Crippen molar-refractivity contribution in [3.63, 3.8) is 0 Å². The van der Waals surface area contributed by atoms with Crippen molar-refractivity contribution in [3.05, 3.63) is 0 Å². The maximum absolute atomic E-state index is 11.3. The van der Waals surface area contributed by atoms with E-state index < -0.39 is 0 Å². The van der Waals surface area contributed by atoms with Gasteiger partial charge in [-0.15, -0.1) is 0 Å². The average molecular weight is 459 g/mol. The minimum absolute atomic E-state index is 0.0221. The third-order valence-corrected chi connectivity index (χ3v) is 4.67. The minimum atomic E-state index is -0.335. The molecule has 188 valence electrons. The zero-order valence-corrected chi connectivity index (χ0v) is 20.9. The highest BCUT2D eigenvalue weighted by atomic mass is 16.2. The quantitative estimate of drug-likeness (QED) is 0.149. The summed E-state index contributed by atoms with van der Waals surface area (Å²) in [6.45, 7) is 5.41. The molecule has 2 unspecified atom stereocenters. The van der Waals surface area contributed by atoms with E-state index in [0.717, 1.165) is 38.8 Å². The molecular formula is C22H46N6O4. The van der Waals surface area contributed by atoms with Gasteiger partial charge in [-0.3, -0.25) is 19.2 Å². The van der Waals surface area contributed by atoms with Gasteiger partial charge >= 0.3 is 0 Å². The molecule has 0 bridgehead atoms. The van der Waals surface area contributed by atoms with E-state index in [9.17, 15) is 19.2 Å². The van der Waals surface area contributed by atoms with Gasteiger partial charge in [0.2, 0.25) is 11.8 Å². The fourth-order valence-corrected chi connectivity index (χ4v) is 2.87. The summed E-state index contributed by atoms with van der Waals surface area (Å²) in [5.41, 5.74) is 0. The Bertz CT molecular complexity index is 485. The molecule has 0 aliphatic carbocycles. The van der Waals surface area contributed by atoms with Crippen molar-refractivity contribution in [2.24, 2.45) is 0 Å². The Morgan fingerprint density at radius 3 is 1.16 bits per heavy atom. The lowest BCUT2D eigenvalue weighted by Gasteiger charge is -2.15. The first kappa shape index (κ1) is 32.3. The van der Waals surface area contributed by atoms with Crippen LogP contribution in [-0.4, -0.2) is 89.8 Å². The summed E-state index contributed by atoms with van der Waals surface area (Å²) in [6, 6.07) is -0.671. The third-order valence-electron chi connectivity index (χ3n) is 4.67. The summed E-state index contributed by atoms with van der Waals surface area (Å²) in [4.78, 5) is 45.2. The van der Waals surface area contributed by atoms with E-state index in [0.29, 0.717) is 12.8 Å². The molecule has 0 radical (unpaired) electrons. The van der Waals surface area contributed by atoms with Crippen molar-refractivity contribution in [2.75, 3.05) is 54.4 Å². The summed E-state index contributed by atoms with van der Waals surface area (Å²) < 4.78 is 0. The van der Waals surface area contributed by atoms with Crippen molar-refractivity contribution in [3.8, 4) is 0 Å². The largest absolute Gasteiger partial charge is 0.345 e. The fourth-order valence-electron chi connectivity index (χ4n) is 2.87. The zero-order chi connectivity index (χ0) is 24.8. The lowest BCUT2D eigenvalue weighted by Crippen LogP contribution is -2.43. The second-order valence-electron chi connectivity index (χ2n) is 7.72. The molecular weight excluding hydrogens is 412 g/mol. The van der Waals surface area contributed by atoms with Gasteiger partial charge in [0.25, 0.3) is 0 Å². The summed E-state index contributed by atoms with van der Waals surface area (Å²) >= 11 is 0. The Morgan fingerprint density at radius 1 is 0.562 bits per heavy atom. The van der Waals surface area contributed by atoms with Crippen LogP contribution in [0.4, 0.5) is 0 Å². The van der Waals surface area contributed by atoms with Gasteiger partial charge in [0, 0.05) is 0 Å². The molecule has 0 aliphatic heterocycles. The molecule has 0 heterocycles. The standard InChI is InChI=1S/2C11H23N3O2/c2*1-9(15)10(6-4-5-7-12-2)14-11(16)8-13-3/h2*10,12-13H,4-8H2,1-3H3,(H,14,16). The third kappa shape index (κ3) is 20.0. The molecule has 6 N–H and O–H groups in total. The maximum Gasteiger partial charge on any atom is 0.234 e. The van der Waals surface area contributed by atoms with E-state index in [1.807, 2.05) is 14.1 Å². The molecule has 0 fully saturated rings. The maximum atomic E-state index is 11.3. The van der Waals surface area contributed by atoms with Crippen LogP contribution in [0.2, 0.25) is 0 Å².